The molecule has 0 amide bonds. The van der Waals surface area contributed by atoms with Crippen LogP contribution in [0.2, 0.25) is 0 Å². The second-order valence-corrected chi connectivity index (χ2v) is 4.70. The summed E-state index contributed by atoms with van der Waals surface area (Å²) in [5.41, 5.74) is 0. The number of hydrogen-bond donors (Lipinski definition) is 3. The Morgan fingerprint density at radius 2 is 1.69 bits per heavy atom. The van der Waals surface area contributed by atoms with Crippen molar-refractivity contribution in [2.24, 2.45) is 0 Å². The zero-order valence-corrected chi connectivity index (χ0v) is 8.07. The third-order valence-corrected chi connectivity index (χ3v) is 2.85. The van der Waals surface area contributed by atoms with Gasteiger partial charge in [-0.3, -0.25) is 4.52 Å². The first-order valence-electron chi connectivity index (χ1n) is 3.01. The Balaban J connectivity index is 0. The first-order valence-corrected chi connectivity index (χ1v) is 6.03. The number of hydrogen-bond acceptors (Lipinski definition) is 4. The van der Waals surface area contributed by atoms with Gasteiger partial charge in [0.1, 0.15) is 0 Å². The van der Waals surface area contributed by atoms with Gasteiger partial charge in [0, 0.05) is 0 Å². The normalized spacial score (nSPS) is 16.0. The summed E-state index contributed by atoms with van der Waals surface area (Å²) in [6.45, 7) is 1.56. The molecule has 0 radical (unpaired) electrons. The van der Waals surface area contributed by atoms with E-state index in [4.69, 9.17) is 14.7 Å². The molecule has 0 aromatic carbocycles. The van der Waals surface area contributed by atoms with Gasteiger partial charge in [-0.15, -0.1) is 0 Å². The molecule has 0 heterocycles. The van der Waals surface area contributed by atoms with Crippen LogP contribution in [0.5, 0.6) is 0 Å². The molecule has 0 spiro atoms. The quantitative estimate of drug-likeness (QED) is 0.459. The third-order valence-electron chi connectivity index (χ3n) is 0.668. The van der Waals surface area contributed by atoms with E-state index in [0.29, 0.717) is 6.42 Å². The summed E-state index contributed by atoms with van der Waals surface area (Å²) in [5, 5.41) is 0. The Morgan fingerprint density at radius 1 is 1.23 bits per heavy atom. The molecular formula is C3H11NaO7P2. The molecule has 7 nitrogen and oxygen atoms in total. The van der Waals surface area contributed by atoms with Crippen LogP contribution in [0.3, 0.4) is 0 Å². The minimum absolute atomic E-state index is 0. The molecular weight excluding hydrogens is 233 g/mol. The number of rotatable bonds is 5. The summed E-state index contributed by atoms with van der Waals surface area (Å²) in [6.07, 6.45) is 0.440. The molecule has 76 valence electrons. The molecule has 0 aliphatic carbocycles. The summed E-state index contributed by atoms with van der Waals surface area (Å²) in [4.78, 5) is 24.9. The zero-order valence-electron chi connectivity index (χ0n) is 6.28. The van der Waals surface area contributed by atoms with E-state index in [9.17, 15) is 9.13 Å². The van der Waals surface area contributed by atoms with Crippen molar-refractivity contribution in [3.05, 3.63) is 0 Å². The molecule has 0 rings (SSSR count). The summed E-state index contributed by atoms with van der Waals surface area (Å²) >= 11 is 0. The first-order chi connectivity index (χ1) is 5.27. The van der Waals surface area contributed by atoms with Crippen molar-refractivity contribution in [3.63, 3.8) is 0 Å². The maximum atomic E-state index is 10.6. The first kappa shape index (κ1) is 16.7. The maximum absolute atomic E-state index is 10.6. The van der Waals surface area contributed by atoms with Crippen molar-refractivity contribution in [1.82, 2.24) is 0 Å². The zero-order chi connectivity index (χ0) is 9.83. The van der Waals surface area contributed by atoms with Gasteiger partial charge in [-0.25, -0.2) is 9.13 Å². The van der Waals surface area contributed by atoms with E-state index in [-0.39, 0.29) is 36.2 Å². The molecule has 1 atom stereocenters. The molecule has 0 saturated carbocycles. The standard InChI is InChI=1S/C3H10O7P2.Na.H/c1-2-3-9-12(7,8)10-11(4,5)6;;/h2-3H2,1H3,(H,7,8)(H2,4,5,6);;. The van der Waals surface area contributed by atoms with Gasteiger partial charge in [-0.05, 0) is 6.42 Å². The molecule has 0 aromatic rings. The van der Waals surface area contributed by atoms with Crippen molar-refractivity contribution in [3.8, 4) is 0 Å². The molecule has 1 unspecified atom stereocenters. The van der Waals surface area contributed by atoms with Gasteiger partial charge in [-0.1, -0.05) is 6.92 Å². The van der Waals surface area contributed by atoms with Crippen LogP contribution in [-0.2, 0) is 18.0 Å². The molecule has 3 N–H and O–H groups in total. The fourth-order valence-corrected chi connectivity index (χ4v) is 2.04. The van der Waals surface area contributed by atoms with E-state index in [1.165, 1.54) is 0 Å². The molecule has 13 heavy (non-hydrogen) atoms. The van der Waals surface area contributed by atoms with Crippen LogP contribution in [0.15, 0.2) is 0 Å². The molecule has 0 bridgehead atoms. The number of phosphoric acid groups is 2. The predicted molar refractivity (Wildman–Crippen MR) is 46.3 cm³/mol. The van der Waals surface area contributed by atoms with Crippen molar-refractivity contribution in [2.75, 3.05) is 6.61 Å². The summed E-state index contributed by atoms with van der Waals surface area (Å²) in [5.74, 6) is 0. The Hall–Kier alpha value is 1.26. The van der Waals surface area contributed by atoms with Gasteiger partial charge in [0.15, 0.2) is 0 Å². The summed E-state index contributed by atoms with van der Waals surface area (Å²) in [6, 6.07) is 0. The molecule has 10 heteroatoms. The van der Waals surface area contributed by atoms with E-state index in [1.54, 1.807) is 6.92 Å². The van der Waals surface area contributed by atoms with Gasteiger partial charge < -0.3 is 14.7 Å². The summed E-state index contributed by atoms with van der Waals surface area (Å²) < 4.78 is 28.3. The van der Waals surface area contributed by atoms with E-state index >= 15 is 0 Å². The van der Waals surface area contributed by atoms with E-state index < -0.39 is 15.6 Å². The summed E-state index contributed by atoms with van der Waals surface area (Å²) in [7, 11) is -9.56. The van der Waals surface area contributed by atoms with E-state index in [0.717, 1.165) is 0 Å². The van der Waals surface area contributed by atoms with E-state index in [1.807, 2.05) is 0 Å². The van der Waals surface area contributed by atoms with Crippen LogP contribution in [0, 0.1) is 0 Å². The third kappa shape index (κ3) is 11.2. The van der Waals surface area contributed by atoms with Crippen molar-refractivity contribution >= 4 is 45.2 Å². The Kier molecular flexibility index (Phi) is 8.58. The predicted octanol–water partition coefficient (Wildman–Crippen LogP) is -0.0258. The van der Waals surface area contributed by atoms with E-state index in [2.05, 4.69) is 8.83 Å². The second kappa shape index (κ2) is 6.69. The van der Waals surface area contributed by atoms with Crippen LogP contribution in [0.4, 0.5) is 0 Å². The van der Waals surface area contributed by atoms with Crippen molar-refractivity contribution in [2.45, 2.75) is 13.3 Å². The van der Waals surface area contributed by atoms with Crippen LogP contribution in [0.1, 0.15) is 13.3 Å². The van der Waals surface area contributed by atoms with Gasteiger partial charge in [0.2, 0.25) is 0 Å². The van der Waals surface area contributed by atoms with Gasteiger partial charge in [0.05, 0.1) is 6.61 Å². The van der Waals surface area contributed by atoms with Gasteiger partial charge >= 0.3 is 45.2 Å². The van der Waals surface area contributed by atoms with Crippen LogP contribution in [0.25, 0.3) is 0 Å². The second-order valence-electron chi connectivity index (χ2n) is 1.87. The monoisotopic (exact) mass is 244 g/mol. The SMILES string of the molecule is CCCOP(=O)(O)OP(=O)(O)O.[NaH]. The molecule has 0 saturated heterocycles. The van der Waals surface area contributed by atoms with Crippen LogP contribution in [-0.4, -0.2) is 50.8 Å². The Labute approximate surface area is 97.6 Å². The van der Waals surface area contributed by atoms with Gasteiger partial charge in [0.25, 0.3) is 0 Å². The van der Waals surface area contributed by atoms with Crippen LogP contribution < -0.4 is 0 Å². The van der Waals surface area contributed by atoms with Gasteiger partial charge in [-0.2, -0.15) is 4.31 Å². The minimum atomic E-state index is -4.97. The van der Waals surface area contributed by atoms with Crippen LogP contribution >= 0.6 is 15.6 Å². The Morgan fingerprint density at radius 3 is 2.00 bits per heavy atom. The average Bonchev–Trinajstić information content (AvgIpc) is 1.78. The fourth-order valence-electron chi connectivity index (χ4n) is 0.365. The number of phosphoric ester groups is 1. The molecule has 0 fully saturated rings. The Bertz CT molecular complexity index is 224. The topological polar surface area (TPSA) is 113 Å². The molecule has 0 aromatic heterocycles. The van der Waals surface area contributed by atoms with Crippen molar-refractivity contribution in [1.29, 1.82) is 0 Å². The molecule has 0 aliphatic heterocycles. The average molecular weight is 244 g/mol. The fraction of sp³-hybridized carbons (Fsp3) is 1.00. The molecule has 0 aliphatic rings. The van der Waals surface area contributed by atoms with Crippen molar-refractivity contribution < 1.29 is 32.6 Å².